The van der Waals surface area contributed by atoms with Crippen molar-refractivity contribution >= 4 is 16.8 Å². The molecule has 1 heterocycles. The fourth-order valence-corrected chi connectivity index (χ4v) is 3.38. The van der Waals surface area contributed by atoms with Crippen LogP contribution in [0.4, 0.5) is 13.2 Å². The molecule has 0 saturated carbocycles. The second kappa shape index (κ2) is 6.96. The van der Waals surface area contributed by atoms with E-state index in [9.17, 15) is 23.1 Å². The Hall–Kier alpha value is -2.41. The maximum Gasteiger partial charge on any atom is 0.416 e. The first kappa shape index (κ1) is 19.4. The number of imidazole rings is 1. The molecule has 4 nitrogen and oxygen atoms in total. The summed E-state index contributed by atoms with van der Waals surface area (Å²) in [6.45, 7) is 5.22. The van der Waals surface area contributed by atoms with Crippen LogP contribution in [0.5, 0.6) is 0 Å². The number of allylic oxidation sites excluding steroid dienone is 2. The number of carbonyl (C=O) groups is 1. The monoisotopic (exact) mass is 378 g/mol. The van der Waals surface area contributed by atoms with Crippen LogP contribution in [0, 0.1) is 0 Å². The van der Waals surface area contributed by atoms with Gasteiger partial charge in [-0.3, -0.25) is 4.79 Å². The number of aliphatic hydroxyl groups excluding tert-OH is 1. The van der Waals surface area contributed by atoms with Gasteiger partial charge in [-0.25, -0.2) is 4.98 Å². The second-order valence-electron chi connectivity index (χ2n) is 6.97. The predicted molar refractivity (Wildman–Crippen MR) is 96.1 cm³/mol. The standard InChI is InChI=1S/C20H21F3N2O2/c1-10-11(2)19(27)14(12(3)18(10)26)5-4-6-17-24-15-8-7-13(20(21,22)23)9-16(15)25-17/h7-9,18,26H,4-6H2,1-3H3,(H,24,25). The molecule has 0 aliphatic heterocycles. The number of nitrogens with one attached hydrogen (secondary N) is 1. The van der Waals surface area contributed by atoms with E-state index >= 15 is 0 Å². The molecule has 1 aromatic heterocycles. The van der Waals surface area contributed by atoms with Crippen LogP contribution in [0.1, 0.15) is 45.0 Å². The third-order valence-electron chi connectivity index (χ3n) is 5.20. The number of carbonyl (C=O) groups excluding carboxylic acids is 1. The van der Waals surface area contributed by atoms with Crippen molar-refractivity contribution in [1.29, 1.82) is 0 Å². The first-order valence-electron chi connectivity index (χ1n) is 8.75. The Balaban J connectivity index is 1.71. The van der Waals surface area contributed by atoms with Crippen LogP contribution in [0.15, 0.2) is 40.5 Å². The Morgan fingerprint density at radius 3 is 2.52 bits per heavy atom. The summed E-state index contributed by atoms with van der Waals surface area (Å²) in [5.74, 6) is 0.532. The summed E-state index contributed by atoms with van der Waals surface area (Å²) in [4.78, 5) is 19.7. The zero-order valence-corrected chi connectivity index (χ0v) is 15.4. The highest BCUT2D eigenvalue weighted by atomic mass is 19.4. The van der Waals surface area contributed by atoms with Gasteiger partial charge in [0, 0.05) is 12.0 Å². The Morgan fingerprint density at radius 2 is 1.85 bits per heavy atom. The SMILES string of the molecule is CC1=C(C)C(O)C(C)=C(CCCc2nc3ccc(C(F)(F)F)cc3[nH]2)C1=O. The van der Waals surface area contributed by atoms with E-state index in [4.69, 9.17) is 0 Å². The molecule has 0 amide bonds. The molecule has 2 aromatic rings. The van der Waals surface area contributed by atoms with Gasteiger partial charge in [0.2, 0.25) is 0 Å². The van der Waals surface area contributed by atoms with Crippen molar-refractivity contribution in [1.82, 2.24) is 9.97 Å². The highest BCUT2D eigenvalue weighted by Crippen LogP contribution is 2.32. The number of alkyl halides is 3. The normalized spacial score (nSPS) is 18.8. The molecule has 0 fully saturated rings. The van der Waals surface area contributed by atoms with Crippen LogP contribution in [-0.2, 0) is 17.4 Å². The minimum atomic E-state index is -4.39. The Labute approximate surface area is 154 Å². The summed E-state index contributed by atoms with van der Waals surface area (Å²) >= 11 is 0. The van der Waals surface area contributed by atoms with Gasteiger partial charge < -0.3 is 10.1 Å². The molecule has 27 heavy (non-hydrogen) atoms. The third-order valence-corrected chi connectivity index (χ3v) is 5.20. The van der Waals surface area contributed by atoms with E-state index in [1.807, 2.05) is 0 Å². The molecule has 144 valence electrons. The Kier molecular flexibility index (Phi) is 4.99. The number of H-pyrrole nitrogens is 1. The van der Waals surface area contributed by atoms with E-state index in [0.717, 1.165) is 12.1 Å². The van der Waals surface area contributed by atoms with E-state index in [1.165, 1.54) is 6.07 Å². The molecule has 0 bridgehead atoms. The molecule has 1 atom stereocenters. The van der Waals surface area contributed by atoms with E-state index in [2.05, 4.69) is 9.97 Å². The number of fused-ring (bicyclic) bond motifs is 1. The second-order valence-corrected chi connectivity index (χ2v) is 6.97. The minimum Gasteiger partial charge on any atom is -0.384 e. The van der Waals surface area contributed by atoms with Gasteiger partial charge in [0.15, 0.2) is 5.78 Å². The van der Waals surface area contributed by atoms with Crippen molar-refractivity contribution in [2.45, 2.75) is 52.3 Å². The van der Waals surface area contributed by atoms with Crippen molar-refractivity contribution in [3.05, 3.63) is 51.9 Å². The molecular weight excluding hydrogens is 357 g/mol. The molecule has 7 heteroatoms. The summed E-state index contributed by atoms with van der Waals surface area (Å²) in [7, 11) is 0. The van der Waals surface area contributed by atoms with Crippen molar-refractivity contribution in [3.63, 3.8) is 0 Å². The number of aromatic amines is 1. The van der Waals surface area contributed by atoms with Crippen LogP contribution >= 0.6 is 0 Å². The number of rotatable bonds is 4. The van der Waals surface area contributed by atoms with Crippen LogP contribution in [0.2, 0.25) is 0 Å². The minimum absolute atomic E-state index is 0.0466. The average Bonchev–Trinajstić information content (AvgIpc) is 3.02. The highest BCUT2D eigenvalue weighted by Gasteiger charge is 2.31. The van der Waals surface area contributed by atoms with Crippen molar-refractivity contribution in [2.24, 2.45) is 0 Å². The lowest BCUT2D eigenvalue weighted by atomic mass is 9.83. The fourth-order valence-electron chi connectivity index (χ4n) is 3.38. The highest BCUT2D eigenvalue weighted by molar-refractivity contribution is 6.10. The quantitative estimate of drug-likeness (QED) is 0.823. The van der Waals surface area contributed by atoms with E-state index < -0.39 is 17.8 Å². The number of hydrogen-bond acceptors (Lipinski definition) is 3. The number of hydrogen-bond donors (Lipinski definition) is 2. The van der Waals surface area contributed by atoms with E-state index in [1.54, 1.807) is 20.8 Å². The number of aromatic nitrogens is 2. The lowest BCUT2D eigenvalue weighted by molar-refractivity contribution is -0.137. The molecule has 0 saturated heterocycles. The molecule has 2 N–H and O–H groups in total. The van der Waals surface area contributed by atoms with Gasteiger partial charge in [0.05, 0.1) is 22.7 Å². The van der Waals surface area contributed by atoms with Crippen molar-refractivity contribution in [3.8, 4) is 0 Å². The molecular formula is C20H21F3N2O2. The largest absolute Gasteiger partial charge is 0.416 e. The maximum atomic E-state index is 12.8. The zero-order chi connectivity index (χ0) is 19.9. The van der Waals surface area contributed by atoms with Gasteiger partial charge in [-0.15, -0.1) is 0 Å². The van der Waals surface area contributed by atoms with E-state index in [-0.39, 0.29) is 5.78 Å². The topological polar surface area (TPSA) is 66.0 Å². The fraction of sp³-hybridized carbons (Fsp3) is 0.400. The summed E-state index contributed by atoms with van der Waals surface area (Å²) in [5, 5.41) is 10.2. The van der Waals surface area contributed by atoms with E-state index in [0.29, 0.717) is 58.4 Å². The van der Waals surface area contributed by atoms with Gasteiger partial charge in [0.25, 0.3) is 0 Å². The summed E-state index contributed by atoms with van der Waals surface area (Å²) in [6.07, 6.45) is -3.54. The molecule has 1 aliphatic rings. The maximum absolute atomic E-state index is 12.8. The van der Waals surface area contributed by atoms with Crippen molar-refractivity contribution in [2.75, 3.05) is 0 Å². The lowest BCUT2D eigenvalue weighted by Crippen LogP contribution is -2.24. The van der Waals surface area contributed by atoms with Crippen LogP contribution in [-0.4, -0.2) is 27.0 Å². The molecule has 1 unspecified atom stereocenters. The third kappa shape index (κ3) is 3.69. The lowest BCUT2D eigenvalue weighted by Gasteiger charge is -2.24. The molecule has 0 spiro atoms. The summed E-state index contributed by atoms with van der Waals surface area (Å²) in [6, 6.07) is 3.42. The number of nitrogens with zero attached hydrogens (tertiary/aromatic N) is 1. The Morgan fingerprint density at radius 1 is 1.15 bits per heavy atom. The van der Waals surface area contributed by atoms with Gasteiger partial charge in [-0.05, 0) is 68.5 Å². The molecule has 3 rings (SSSR count). The van der Waals surface area contributed by atoms with Crippen LogP contribution in [0.25, 0.3) is 11.0 Å². The number of aliphatic hydroxyl groups is 1. The van der Waals surface area contributed by atoms with Gasteiger partial charge in [-0.1, -0.05) is 0 Å². The van der Waals surface area contributed by atoms with Gasteiger partial charge in [-0.2, -0.15) is 13.2 Å². The molecule has 1 aliphatic carbocycles. The summed E-state index contributed by atoms with van der Waals surface area (Å²) in [5.41, 5.74) is 2.64. The van der Waals surface area contributed by atoms with Gasteiger partial charge in [0.1, 0.15) is 5.82 Å². The molecule has 0 radical (unpaired) electrons. The smallest absolute Gasteiger partial charge is 0.384 e. The van der Waals surface area contributed by atoms with Crippen LogP contribution in [0.3, 0.4) is 0 Å². The predicted octanol–water partition coefficient (Wildman–Crippen LogP) is 4.50. The number of Topliss-reactive ketones (excluding diaryl/α,β-unsaturated/α-hetero) is 1. The number of aryl methyl sites for hydroxylation is 1. The van der Waals surface area contributed by atoms with Crippen LogP contribution < -0.4 is 0 Å². The van der Waals surface area contributed by atoms with Gasteiger partial charge >= 0.3 is 6.18 Å². The summed E-state index contributed by atoms with van der Waals surface area (Å²) < 4.78 is 38.4. The first-order chi connectivity index (χ1) is 12.6. The number of ketones is 1. The Bertz CT molecular complexity index is 967. The molecule has 1 aromatic carbocycles. The first-order valence-corrected chi connectivity index (χ1v) is 8.75. The number of halogens is 3. The zero-order valence-electron chi connectivity index (χ0n) is 15.4. The number of benzene rings is 1. The average molecular weight is 378 g/mol. The van der Waals surface area contributed by atoms with Crippen molar-refractivity contribution < 1.29 is 23.1 Å².